The van der Waals surface area contributed by atoms with Gasteiger partial charge in [0, 0.05) is 30.1 Å². The second-order valence-electron chi connectivity index (χ2n) is 7.80. The normalized spacial score (nSPS) is 11.1. The molecule has 3 aromatic rings. The maximum atomic E-state index is 12.1. The van der Waals surface area contributed by atoms with E-state index in [0.717, 1.165) is 37.7 Å². The number of carbonyl (C=O) groups is 1. The van der Waals surface area contributed by atoms with Gasteiger partial charge in [-0.3, -0.25) is 4.79 Å². The molecule has 160 valence electrons. The summed E-state index contributed by atoms with van der Waals surface area (Å²) >= 11 is 5.87. The number of hydrogen-bond donors (Lipinski definition) is 1. The van der Waals surface area contributed by atoms with Crippen molar-refractivity contribution in [3.63, 3.8) is 0 Å². The number of unbranched alkanes of at least 4 members (excludes halogenated alkanes) is 5. The van der Waals surface area contributed by atoms with Crippen molar-refractivity contribution in [1.29, 1.82) is 0 Å². The van der Waals surface area contributed by atoms with Gasteiger partial charge in [0.1, 0.15) is 5.82 Å². The number of benzene rings is 2. The molecule has 0 aliphatic rings. The van der Waals surface area contributed by atoms with E-state index in [0.29, 0.717) is 17.1 Å². The highest BCUT2D eigenvalue weighted by Crippen LogP contribution is 2.19. The molecular formula is C25H32ClN3O. The largest absolute Gasteiger partial charge is 0.352 e. The third-order valence-electron chi connectivity index (χ3n) is 5.44. The lowest BCUT2D eigenvalue weighted by Gasteiger charge is -2.09. The van der Waals surface area contributed by atoms with E-state index in [1.807, 2.05) is 0 Å². The van der Waals surface area contributed by atoms with Crippen LogP contribution in [0.2, 0.25) is 5.02 Å². The Labute approximate surface area is 184 Å². The van der Waals surface area contributed by atoms with Crippen molar-refractivity contribution in [1.82, 2.24) is 14.9 Å². The maximum Gasteiger partial charge on any atom is 0.251 e. The highest BCUT2D eigenvalue weighted by molar-refractivity contribution is 6.30. The predicted octanol–water partition coefficient (Wildman–Crippen LogP) is 6.41. The molecule has 0 aliphatic carbocycles. The lowest BCUT2D eigenvalue weighted by molar-refractivity contribution is 0.0953. The summed E-state index contributed by atoms with van der Waals surface area (Å²) in [5, 5.41) is 3.63. The van der Waals surface area contributed by atoms with Crippen molar-refractivity contribution in [3.8, 4) is 0 Å². The Kier molecular flexibility index (Phi) is 8.76. The predicted molar refractivity (Wildman–Crippen MR) is 125 cm³/mol. The zero-order valence-electron chi connectivity index (χ0n) is 17.9. The monoisotopic (exact) mass is 425 g/mol. The van der Waals surface area contributed by atoms with Crippen LogP contribution in [-0.4, -0.2) is 22.0 Å². The van der Waals surface area contributed by atoms with Gasteiger partial charge in [0.05, 0.1) is 11.0 Å². The first-order chi connectivity index (χ1) is 14.7. The minimum atomic E-state index is -0.0412. The van der Waals surface area contributed by atoms with Crippen LogP contribution in [0.3, 0.4) is 0 Å². The first-order valence-electron chi connectivity index (χ1n) is 11.2. The Hall–Kier alpha value is -2.33. The number of carbonyl (C=O) groups excluding carboxylic acids is 1. The summed E-state index contributed by atoms with van der Waals surface area (Å²) in [6.45, 7) is 3.98. The first kappa shape index (κ1) is 22.4. The van der Waals surface area contributed by atoms with E-state index in [4.69, 9.17) is 16.6 Å². The van der Waals surface area contributed by atoms with Crippen LogP contribution in [0.4, 0.5) is 0 Å². The molecule has 4 nitrogen and oxygen atoms in total. The number of para-hydroxylation sites is 2. The number of halogens is 1. The van der Waals surface area contributed by atoms with Crippen molar-refractivity contribution >= 4 is 28.5 Å². The van der Waals surface area contributed by atoms with Gasteiger partial charge in [0.2, 0.25) is 0 Å². The Morgan fingerprint density at radius 1 is 0.967 bits per heavy atom. The van der Waals surface area contributed by atoms with Gasteiger partial charge in [-0.25, -0.2) is 4.98 Å². The molecule has 3 rings (SSSR count). The fourth-order valence-electron chi connectivity index (χ4n) is 3.75. The van der Waals surface area contributed by atoms with Gasteiger partial charge in [0.15, 0.2) is 0 Å². The standard InChI is InChI=1S/C25H32ClN3O/c1-2-3-4-10-19-29-23-12-8-7-11-22(23)28-24(29)13-6-5-9-18-27-25(30)20-14-16-21(26)17-15-20/h7-8,11-12,14-17H,2-6,9-10,13,18-19H2,1H3,(H,27,30). The molecule has 0 spiro atoms. The van der Waals surface area contributed by atoms with Gasteiger partial charge in [-0.05, 0) is 55.7 Å². The van der Waals surface area contributed by atoms with E-state index in [2.05, 4.69) is 41.1 Å². The molecule has 0 radical (unpaired) electrons. The number of nitrogens with one attached hydrogen (secondary N) is 1. The number of nitrogens with zero attached hydrogens (tertiary/aromatic N) is 2. The van der Waals surface area contributed by atoms with Crippen molar-refractivity contribution in [2.75, 3.05) is 6.54 Å². The smallest absolute Gasteiger partial charge is 0.251 e. The van der Waals surface area contributed by atoms with Crippen LogP contribution in [0, 0.1) is 0 Å². The third kappa shape index (κ3) is 6.33. The molecule has 0 aliphatic heterocycles. The number of amides is 1. The van der Waals surface area contributed by atoms with Gasteiger partial charge < -0.3 is 9.88 Å². The van der Waals surface area contributed by atoms with Crippen LogP contribution in [0.15, 0.2) is 48.5 Å². The van der Waals surface area contributed by atoms with E-state index in [9.17, 15) is 4.79 Å². The third-order valence-corrected chi connectivity index (χ3v) is 5.69. The SMILES string of the molecule is CCCCCCn1c(CCCCCNC(=O)c2ccc(Cl)cc2)nc2ccccc21. The van der Waals surface area contributed by atoms with E-state index in [1.54, 1.807) is 24.3 Å². The van der Waals surface area contributed by atoms with Crippen LogP contribution in [0.25, 0.3) is 11.0 Å². The minimum Gasteiger partial charge on any atom is -0.352 e. The zero-order valence-corrected chi connectivity index (χ0v) is 18.6. The molecule has 1 amide bonds. The molecule has 0 saturated heterocycles. The van der Waals surface area contributed by atoms with Gasteiger partial charge in [0.25, 0.3) is 5.91 Å². The fraction of sp³-hybridized carbons (Fsp3) is 0.440. The van der Waals surface area contributed by atoms with Gasteiger partial charge in [-0.2, -0.15) is 0 Å². The Bertz CT molecular complexity index is 933. The highest BCUT2D eigenvalue weighted by Gasteiger charge is 2.10. The molecule has 0 unspecified atom stereocenters. The first-order valence-corrected chi connectivity index (χ1v) is 11.5. The molecular weight excluding hydrogens is 394 g/mol. The number of imidazole rings is 1. The molecule has 0 atom stereocenters. The van der Waals surface area contributed by atoms with Gasteiger partial charge in [-0.1, -0.05) is 56.3 Å². The molecule has 5 heteroatoms. The summed E-state index contributed by atoms with van der Waals surface area (Å²) < 4.78 is 2.41. The van der Waals surface area contributed by atoms with Gasteiger partial charge in [-0.15, -0.1) is 0 Å². The number of aryl methyl sites for hydroxylation is 2. The second-order valence-corrected chi connectivity index (χ2v) is 8.24. The van der Waals surface area contributed by atoms with Crippen LogP contribution in [0.5, 0.6) is 0 Å². The molecule has 0 bridgehead atoms. The lowest BCUT2D eigenvalue weighted by atomic mass is 10.1. The quantitative estimate of drug-likeness (QED) is 0.340. The molecule has 1 heterocycles. The van der Waals surface area contributed by atoms with Crippen LogP contribution >= 0.6 is 11.6 Å². The minimum absolute atomic E-state index is 0.0412. The topological polar surface area (TPSA) is 46.9 Å². The molecule has 1 N–H and O–H groups in total. The van der Waals surface area contributed by atoms with E-state index in [-0.39, 0.29) is 5.91 Å². The zero-order chi connectivity index (χ0) is 21.2. The van der Waals surface area contributed by atoms with E-state index < -0.39 is 0 Å². The van der Waals surface area contributed by atoms with Crippen LogP contribution in [-0.2, 0) is 13.0 Å². The Morgan fingerprint density at radius 3 is 2.53 bits per heavy atom. The Balaban J connectivity index is 1.45. The average molecular weight is 426 g/mol. The fourth-order valence-corrected chi connectivity index (χ4v) is 3.88. The summed E-state index contributed by atoms with van der Waals surface area (Å²) in [6, 6.07) is 15.4. The van der Waals surface area contributed by atoms with Crippen molar-refractivity contribution in [2.45, 2.75) is 64.8 Å². The average Bonchev–Trinajstić information content (AvgIpc) is 3.11. The second kappa shape index (κ2) is 11.8. The molecule has 1 aromatic heterocycles. The summed E-state index contributed by atoms with van der Waals surface area (Å²) in [4.78, 5) is 17.0. The summed E-state index contributed by atoms with van der Waals surface area (Å²) in [5.41, 5.74) is 2.99. The number of aromatic nitrogens is 2. The maximum absolute atomic E-state index is 12.1. The molecule has 0 fully saturated rings. The van der Waals surface area contributed by atoms with Crippen molar-refractivity contribution in [3.05, 3.63) is 64.9 Å². The van der Waals surface area contributed by atoms with Gasteiger partial charge >= 0.3 is 0 Å². The number of fused-ring (bicyclic) bond motifs is 1. The van der Waals surface area contributed by atoms with Crippen molar-refractivity contribution in [2.24, 2.45) is 0 Å². The molecule has 2 aromatic carbocycles. The Morgan fingerprint density at radius 2 is 1.73 bits per heavy atom. The lowest BCUT2D eigenvalue weighted by Crippen LogP contribution is -2.24. The number of hydrogen-bond acceptors (Lipinski definition) is 2. The van der Waals surface area contributed by atoms with Crippen molar-refractivity contribution < 1.29 is 4.79 Å². The van der Waals surface area contributed by atoms with E-state index in [1.165, 1.54) is 37.0 Å². The summed E-state index contributed by atoms with van der Waals surface area (Å²) in [5.74, 6) is 1.15. The molecule has 0 saturated carbocycles. The molecule has 30 heavy (non-hydrogen) atoms. The highest BCUT2D eigenvalue weighted by atomic mass is 35.5. The number of rotatable bonds is 12. The van der Waals surface area contributed by atoms with Crippen LogP contribution in [0.1, 0.15) is 68.1 Å². The van der Waals surface area contributed by atoms with E-state index >= 15 is 0 Å². The van der Waals surface area contributed by atoms with Crippen LogP contribution < -0.4 is 5.32 Å². The summed E-state index contributed by atoms with van der Waals surface area (Å²) in [7, 11) is 0. The summed E-state index contributed by atoms with van der Waals surface area (Å²) in [6.07, 6.45) is 9.13.